The molecule has 7 heteroatoms. The van der Waals surface area contributed by atoms with Crippen LogP contribution in [0.15, 0.2) is 6.20 Å². The van der Waals surface area contributed by atoms with Crippen molar-refractivity contribution in [3.05, 3.63) is 15.5 Å². The molecule has 98 valence electrons. The maximum absolute atomic E-state index is 12.1. The van der Waals surface area contributed by atoms with Crippen molar-refractivity contribution in [2.45, 2.75) is 45.7 Å². The van der Waals surface area contributed by atoms with Crippen LogP contribution in [-0.4, -0.2) is 22.1 Å². The van der Waals surface area contributed by atoms with E-state index in [1.807, 2.05) is 36.4 Å². The van der Waals surface area contributed by atoms with Crippen molar-refractivity contribution in [1.29, 1.82) is 0 Å². The average Bonchev–Trinajstić information content (AvgIpc) is 2.52. The van der Waals surface area contributed by atoms with Crippen molar-refractivity contribution < 1.29 is 17.9 Å². The van der Waals surface area contributed by atoms with E-state index in [-0.39, 0.29) is 19.3 Å². The molecule has 0 aliphatic carbocycles. The molecule has 0 saturated carbocycles. The summed E-state index contributed by atoms with van der Waals surface area (Å²) in [4.78, 5) is 0. The number of hydrogen-bond donors (Lipinski definition) is 0. The highest BCUT2D eigenvalue weighted by atomic mass is 127. The molecule has 0 atom stereocenters. The third-order valence-electron chi connectivity index (χ3n) is 2.06. The maximum atomic E-state index is 12.1. The van der Waals surface area contributed by atoms with Gasteiger partial charge in [-0.2, -0.15) is 18.3 Å². The van der Waals surface area contributed by atoms with E-state index < -0.39 is 12.6 Å². The second-order valence-corrected chi connectivity index (χ2v) is 5.05. The van der Waals surface area contributed by atoms with Crippen LogP contribution in [-0.2, 0) is 17.9 Å². The van der Waals surface area contributed by atoms with E-state index in [9.17, 15) is 13.2 Å². The van der Waals surface area contributed by atoms with Crippen molar-refractivity contribution in [2.75, 3.05) is 0 Å². The van der Waals surface area contributed by atoms with Crippen LogP contribution in [0.1, 0.15) is 26.0 Å². The van der Waals surface area contributed by atoms with Crippen LogP contribution in [0.4, 0.5) is 13.2 Å². The summed E-state index contributed by atoms with van der Waals surface area (Å²) in [6, 6.07) is 0. The van der Waals surface area contributed by atoms with Gasteiger partial charge in [0.25, 0.3) is 0 Å². The highest BCUT2D eigenvalue weighted by Gasteiger charge is 2.27. The van der Waals surface area contributed by atoms with E-state index in [2.05, 4.69) is 5.10 Å². The first-order valence-electron chi connectivity index (χ1n) is 5.18. The number of aryl methyl sites for hydroxylation is 1. The number of alkyl halides is 3. The zero-order valence-corrected chi connectivity index (χ0v) is 11.7. The van der Waals surface area contributed by atoms with Gasteiger partial charge < -0.3 is 4.74 Å². The lowest BCUT2D eigenvalue weighted by atomic mass is 10.4. The highest BCUT2D eigenvalue weighted by Crippen LogP contribution is 2.22. The summed E-state index contributed by atoms with van der Waals surface area (Å²) in [5.74, 6) is 0. The summed E-state index contributed by atoms with van der Waals surface area (Å²) in [6.07, 6.45) is -3.44. The lowest BCUT2D eigenvalue weighted by Crippen LogP contribution is -2.16. The Morgan fingerprint density at radius 3 is 2.65 bits per heavy atom. The number of aromatic nitrogens is 2. The van der Waals surface area contributed by atoms with Gasteiger partial charge in [0.15, 0.2) is 0 Å². The largest absolute Gasteiger partial charge is 0.390 e. The molecular weight excluding hydrogens is 348 g/mol. The minimum atomic E-state index is -4.16. The Morgan fingerprint density at radius 2 is 2.12 bits per heavy atom. The third-order valence-corrected chi connectivity index (χ3v) is 2.96. The molecule has 0 aliphatic heterocycles. The normalized spacial score (nSPS) is 12.4. The topological polar surface area (TPSA) is 27.1 Å². The maximum Gasteiger partial charge on any atom is 0.390 e. The third kappa shape index (κ3) is 5.24. The fourth-order valence-corrected chi connectivity index (χ4v) is 1.76. The molecule has 0 radical (unpaired) electrons. The molecule has 1 heterocycles. The Labute approximate surface area is 111 Å². The van der Waals surface area contributed by atoms with Gasteiger partial charge in [0.05, 0.1) is 34.6 Å². The summed E-state index contributed by atoms with van der Waals surface area (Å²) in [5, 5.41) is 3.93. The Morgan fingerprint density at radius 1 is 1.47 bits per heavy atom. The summed E-state index contributed by atoms with van der Waals surface area (Å²) in [5.41, 5.74) is 0.698. The fraction of sp³-hybridized carbons (Fsp3) is 0.700. The Bertz CT molecular complexity index is 363. The second-order valence-electron chi connectivity index (χ2n) is 3.89. The van der Waals surface area contributed by atoms with Crippen molar-refractivity contribution in [3.63, 3.8) is 0 Å². The molecule has 0 aliphatic rings. The van der Waals surface area contributed by atoms with Gasteiger partial charge in [0.1, 0.15) is 0 Å². The molecule has 0 unspecified atom stereocenters. The van der Waals surface area contributed by atoms with Crippen LogP contribution in [0.5, 0.6) is 0 Å². The van der Waals surface area contributed by atoms with Crippen LogP contribution in [0.25, 0.3) is 0 Å². The predicted molar refractivity (Wildman–Crippen MR) is 65.5 cm³/mol. The first kappa shape index (κ1) is 14.7. The van der Waals surface area contributed by atoms with E-state index in [1.54, 1.807) is 6.20 Å². The summed E-state index contributed by atoms with van der Waals surface area (Å²) < 4.78 is 43.9. The molecule has 1 aromatic heterocycles. The van der Waals surface area contributed by atoms with Crippen molar-refractivity contribution in [1.82, 2.24) is 9.78 Å². The van der Waals surface area contributed by atoms with Crippen molar-refractivity contribution in [2.24, 2.45) is 0 Å². The Hall–Kier alpha value is -0.310. The van der Waals surface area contributed by atoms with Gasteiger partial charge >= 0.3 is 6.18 Å². The molecule has 1 aromatic rings. The molecule has 0 fully saturated rings. The first-order chi connectivity index (χ1) is 7.79. The van der Waals surface area contributed by atoms with E-state index in [4.69, 9.17) is 4.74 Å². The molecule has 0 amide bonds. The van der Waals surface area contributed by atoms with Gasteiger partial charge in [-0.25, -0.2) is 0 Å². The average molecular weight is 362 g/mol. The molecule has 0 spiro atoms. The standard InChI is InChI=1S/C10H14F3IN2O/c1-7(2)17-6-9-8(14)5-15-16(9)4-3-10(11,12)13/h5,7H,3-4,6H2,1-2H3. The van der Waals surface area contributed by atoms with Gasteiger partial charge in [-0.3, -0.25) is 4.68 Å². The second kappa shape index (κ2) is 6.03. The zero-order valence-electron chi connectivity index (χ0n) is 9.59. The molecule has 3 nitrogen and oxygen atoms in total. The number of halogens is 4. The van der Waals surface area contributed by atoms with Gasteiger partial charge in [-0.1, -0.05) is 0 Å². The molecule has 0 aromatic carbocycles. The fourth-order valence-electron chi connectivity index (χ4n) is 1.20. The van der Waals surface area contributed by atoms with Gasteiger partial charge in [-0.05, 0) is 36.4 Å². The van der Waals surface area contributed by atoms with Gasteiger partial charge in [0, 0.05) is 6.54 Å². The van der Waals surface area contributed by atoms with E-state index >= 15 is 0 Å². The van der Waals surface area contributed by atoms with E-state index in [0.717, 1.165) is 3.57 Å². The van der Waals surface area contributed by atoms with Gasteiger partial charge in [0.2, 0.25) is 0 Å². The SMILES string of the molecule is CC(C)OCc1c(I)cnn1CCC(F)(F)F. The van der Waals surface area contributed by atoms with E-state index in [1.165, 1.54) is 4.68 Å². The molecular formula is C10H14F3IN2O. The lowest BCUT2D eigenvalue weighted by Gasteiger charge is -2.12. The van der Waals surface area contributed by atoms with Crippen molar-refractivity contribution >= 4 is 22.6 Å². The Kier molecular flexibility index (Phi) is 5.23. The number of ether oxygens (including phenoxy) is 1. The predicted octanol–water partition coefficient (Wildman–Crippen LogP) is 3.37. The minimum Gasteiger partial charge on any atom is -0.372 e. The number of rotatable bonds is 5. The van der Waals surface area contributed by atoms with E-state index in [0.29, 0.717) is 5.69 Å². The lowest BCUT2D eigenvalue weighted by molar-refractivity contribution is -0.137. The van der Waals surface area contributed by atoms with Crippen LogP contribution < -0.4 is 0 Å². The van der Waals surface area contributed by atoms with Crippen LogP contribution in [0.3, 0.4) is 0 Å². The zero-order chi connectivity index (χ0) is 13.1. The molecule has 1 rings (SSSR count). The molecule has 0 N–H and O–H groups in total. The summed E-state index contributed by atoms with van der Waals surface area (Å²) >= 11 is 2.04. The van der Waals surface area contributed by atoms with Crippen molar-refractivity contribution in [3.8, 4) is 0 Å². The smallest absolute Gasteiger partial charge is 0.372 e. The molecule has 0 bridgehead atoms. The Balaban J connectivity index is 2.66. The first-order valence-corrected chi connectivity index (χ1v) is 6.26. The summed E-state index contributed by atoms with van der Waals surface area (Å²) in [6.45, 7) is 3.88. The van der Waals surface area contributed by atoms with Crippen LogP contribution >= 0.6 is 22.6 Å². The monoisotopic (exact) mass is 362 g/mol. The molecule has 17 heavy (non-hydrogen) atoms. The van der Waals surface area contributed by atoms with Crippen LogP contribution in [0, 0.1) is 3.57 Å². The summed E-state index contributed by atoms with van der Waals surface area (Å²) in [7, 11) is 0. The molecule has 0 saturated heterocycles. The highest BCUT2D eigenvalue weighted by molar-refractivity contribution is 14.1. The number of nitrogens with zero attached hydrogens (tertiary/aromatic N) is 2. The van der Waals surface area contributed by atoms with Crippen LogP contribution in [0.2, 0.25) is 0 Å². The van der Waals surface area contributed by atoms with Gasteiger partial charge in [-0.15, -0.1) is 0 Å². The quantitative estimate of drug-likeness (QED) is 0.752. The number of hydrogen-bond acceptors (Lipinski definition) is 2. The minimum absolute atomic E-state index is 0.0387.